The summed E-state index contributed by atoms with van der Waals surface area (Å²) in [6.07, 6.45) is 4.16. The quantitative estimate of drug-likeness (QED) is 0.691. The van der Waals surface area contributed by atoms with E-state index in [4.69, 9.17) is 0 Å². The minimum atomic E-state index is 0. The monoisotopic (exact) mass is 198 g/mol. The molecule has 4 heteroatoms. The molecule has 0 bridgehead atoms. The highest BCUT2D eigenvalue weighted by molar-refractivity contribution is 5.85. The maximum Gasteiger partial charge on any atom is 0.0207 e. The molecule has 2 rings (SSSR count). The highest BCUT2D eigenvalue weighted by Crippen LogP contribution is 2.20. The maximum absolute atomic E-state index is 3.59. The fraction of sp³-hybridized carbons (Fsp3) is 1.00. The smallest absolute Gasteiger partial charge is 0.0207 e. The Morgan fingerprint density at radius 3 is 2.18 bits per heavy atom. The van der Waals surface area contributed by atoms with E-state index in [1.54, 1.807) is 0 Å². The van der Waals surface area contributed by atoms with E-state index < -0.39 is 0 Å². The van der Waals surface area contributed by atoms with Crippen LogP contribution in [0.5, 0.6) is 0 Å². The van der Waals surface area contributed by atoms with Crippen molar-refractivity contribution in [1.29, 1.82) is 0 Å². The molecule has 0 aromatic carbocycles. The van der Waals surface area contributed by atoms with Gasteiger partial charge in [0, 0.05) is 18.6 Å². The van der Waals surface area contributed by atoms with Crippen LogP contribution in [-0.4, -0.2) is 25.2 Å². The molecule has 1 heterocycles. The lowest BCUT2D eigenvalue weighted by molar-refractivity contribution is 0.544. The molecule has 1 aliphatic heterocycles. The molecule has 68 valence electrons. The van der Waals surface area contributed by atoms with Crippen LogP contribution in [-0.2, 0) is 0 Å². The molecule has 1 saturated heterocycles. The molecule has 2 fully saturated rings. The van der Waals surface area contributed by atoms with Gasteiger partial charge in [-0.15, -0.1) is 24.8 Å². The summed E-state index contributed by atoms with van der Waals surface area (Å²) in [5, 5.41) is 6.93. The van der Waals surface area contributed by atoms with Gasteiger partial charge in [-0.3, -0.25) is 0 Å². The second-order valence-electron chi connectivity index (χ2n) is 3.13. The molecule has 1 unspecified atom stereocenters. The summed E-state index contributed by atoms with van der Waals surface area (Å²) in [4.78, 5) is 0. The summed E-state index contributed by atoms with van der Waals surface area (Å²) < 4.78 is 0. The molecule has 1 atom stereocenters. The molecule has 0 spiro atoms. The largest absolute Gasteiger partial charge is 0.315 e. The molecule has 2 nitrogen and oxygen atoms in total. The van der Waals surface area contributed by atoms with Crippen molar-refractivity contribution in [2.24, 2.45) is 0 Å². The van der Waals surface area contributed by atoms with Crippen LogP contribution in [0.25, 0.3) is 0 Å². The number of halogens is 2. The second kappa shape index (κ2) is 5.20. The minimum Gasteiger partial charge on any atom is -0.315 e. The zero-order chi connectivity index (χ0) is 6.10. The second-order valence-corrected chi connectivity index (χ2v) is 3.13. The first-order valence-corrected chi connectivity index (χ1v) is 3.92. The van der Waals surface area contributed by atoms with E-state index in [-0.39, 0.29) is 24.8 Å². The molecule has 2 N–H and O–H groups in total. The lowest BCUT2D eigenvalue weighted by Gasteiger charge is -2.08. The predicted molar refractivity (Wildman–Crippen MR) is 51.9 cm³/mol. The van der Waals surface area contributed by atoms with Gasteiger partial charge in [0.15, 0.2) is 0 Å². The molecular formula is C7H16Cl2N2. The average molecular weight is 199 g/mol. The zero-order valence-corrected chi connectivity index (χ0v) is 8.14. The average Bonchev–Trinajstić information content (AvgIpc) is 2.46. The standard InChI is InChI=1S/C7H14N2.2ClH/c1-2-6(1)9-7-3-4-8-5-7;;/h6-9H,1-5H2;2*1H. The molecule has 11 heavy (non-hydrogen) atoms. The highest BCUT2D eigenvalue weighted by atomic mass is 35.5. The van der Waals surface area contributed by atoms with Crippen molar-refractivity contribution in [2.45, 2.75) is 31.3 Å². The summed E-state index contributed by atoms with van der Waals surface area (Å²) in [5.41, 5.74) is 0. The van der Waals surface area contributed by atoms with E-state index in [2.05, 4.69) is 10.6 Å². The summed E-state index contributed by atoms with van der Waals surface area (Å²) in [7, 11) is 0. The topological polar surface area (TPSA) is 24.1 Å². The van der Waals surface area contributed by atoms with Crippen molar-refractivity contribution in [3.8, 4) is 0 Å². The van der Waals surface area contributed by atoms with Crippen molar-refractivity contribution in [3.63, 3.8) is 0 Å². The van der Waals surface area contributed by atoms with Crippen molar-refractivity contribution < 1.29 is 0 Å². The van der Waals surface area contributed by atoms with Gasteiger partial charge in [0.25, 0.3) is 0 Å². The lowest BCUT2D eigenvalue weighted by Crippen LogP contribution is -2.32. The summed E-state index contributed by atoms with van der Waals surface area (Å²) in [5.74, 6) is 0. The first kappa shape index (κ1) is 11.5. The van der Waals surface area contributed by atoms with Crippen LogP contribution in [0.15, 0.2) is 0 Å². The van der Waals surface area contributed by atoms with Gasteiger partial charge in [0.05, 0.1) is 0 Å². The van der Waals surface area contributed by atoms with Crippen LogP contribution in [0.1, 0.15) is 19.3 Å². The van der Waals surface area contributed by atoms with Crippen LogP contribution < -0.4 is 10.6 Å². The Morgan fingerprint density at radius 1 is 1.00 bits per heavy atom. The van der Waals surface area contributed by atoms with Crippen LogP contribution >= 0.6 is 24.8 Å². The normalized spacial score (nSPS) is 28.9. The predicted octanol–water partition coefficient (Wildman–Crippen LogP) is 0.944. The third-order valence-corrected chi connectivity index (χ3v) is 2.11. The molecule has 0 amide bonds. The molecule has 1 saturated carbocycles. The molecular weight excluding hydrogens is 183 g/mol. The number of nitrogens with one attached hydrogen (secondary N) is 2. The Morgan fingerprint density at radius 2 is 1.73 bits per heavy atom. The first-order valence-electron chi connectivity index (χ1n) is 3.92. The Kier molecular flexibility index (Phi) is 5.44. The SMILES string of the molecule is C1CC(NC2CC2)CN1.Cl.Cl. The maximum atomic E-state index is 3.59. The summed E-state index contributed by atoms with van der Waals surface area (Å²) in [6.45, 7) is 2.40. The Hall–Kier alpha value is 0.500. The minimum absolute atomic E-state index is 0. The van der Waals surface area contributed by atoms with Gasteiger partial charge in [0.1, 0.15) is 0 Å². The molecule has 0 aromatic rings. The number of rotatable bonds is 2. The van der Waals surface area contributed by atoms with E-state index in [0.29, 0.717) is 0 Å². The van der Waals surface area contributed by atoms with E-state index in [1.807, 2.05) is 0 Å². The fourth-order valence-corrected chi connectivity index (χ4v) is 1.38. The summed E-state index contributed by atoms with van der Waals surface area (Å²) in [6, 6.07) is 1.67. The van der Waals surface area contributed by atoms with E-state index in [9.17, 15) is 0 Å². The van der Waals surface area contributed by atoms with E-state index >= 15 is 0 Å². The van der Waals surface area contributed by atoms with Crippen molar-refractivity contribution in [1.82, 2.24) is 10.6 Å². The third kappa shape index (κ3) is 3.61. The van der Waals surface area contributed by atoms with E-state index in [1.165, 1.54) is 32.4 Å². The number of hydrogen-bond donors (Lipinski definition) is 2. The molecule has 0 aromatic heterocycles. The van der Waals surface area contributed by atoms with Crippen molar-refractivity contribution in [2.75, 3.05) is 13.1 Å². The number of hydrogen-bond acceptors (Lipinski definition) is 2. The summed E-state index contributed by atoms with van der Waals surface area (Å²) >= 11 is 0. The van der Waals surface area contributed by atoms with Crippen LogP contribution in [0, 0.1) is 0 Å². The molecule has 0 radical (unpaired) electrons. The van der Waals surface area contributed by atoms with Gasteiger partial charge in [0.2, 0.25) is 0 Å². The van der Waals surface area contributed by atoms with Gasteiger partial charge in [-0.25, -0.2) is 0 Å². The Bertz CT molecular complexity index is 101. The first-order chi connectivity index (χ1) is 4.45. The van der Waals surface area contributed by atoms with Crippen LogP contribution in [0.2, 0.25) is 0 Å². The zero-order valence-electron chi connectivity index (χ0n) is 6.51. The van der Waals surface area contributed by atoms with Gasteiger partial charge >= 0.3 is 0 Å². The van der Waals surface area contributed by atoms with Crippen molar-refractivity contribution >= 4 is 24.8 Å². The third-order valence-electron chi connectivity index (χ3n) is 2.11. The van der Waals surface area contributed by atoms with Crippen LogP contribution in [0.3, 0.4) is 0 Å². The Balaban J connectivity index is 0.000000500. The van der Waals surface area contributed by atoms with Gasteiger partial charge in [-0.05, 0) is 25.8 Å². The molecule has 1 aliphatic carbocycles. The highest BCUT2D eigenvalue weighted by Gasteiger charge is 2.25. The Labute approximate surface area is 80.3 Å². The van der Waals surface area contributed by atoms with Crippen LogP contribution in [0.4, 0.5) is 0 Å². The van der Waals surface area contributed by atoms with Gasteiger partial charge in [-0.2, -0.15) is 0 Å². The fourth-order valence-electron chi connectivity index (χ4n) is 1.38. The lowest BCUT2D eigenvalue weighted by atomic mass is 10.2. The van der Waals surface area contributed by atoms with E-state index in [0.717, 1.165) is 12.1 Å². The van der Waals surface area contributed by atoms with Gasteiger partial charge in [-0.1, -0.05) is 0 Å². The molecule has 2 aliphatic rings. The van der Waals surface area contributed by atoms with Crippen molar-refractivity contribution in [3.05, 3.63) is 0 Å². The van der Waals surface area contributed by atoms with Gasteiger partial charge < -0.3 is 10.6 Å².